The number of halogens is 1. The third-order valence-corrected chi connectivity index (χ3v) is 6.27. The molecular formula is C22H17FN2O2S. The third kappa shape index (κ3) is 2.60. The van der Waals surface area contributed by atoms with Crippen molar-refractivity contribution in [2.24, 2.45) is 0 Å². The Labute approximate surface area is 165 Å². The van der Waals surface area contributed by atoms with Gasteiger partial charge in [-0.05, 0) is 54.1 Å². The van der Waals surface area contributed by atoms with Crippen molar-refractivity contribution in [2.45, 2.75) is 6.42 Å². The van der Waals surface area contributed by atoms with Crippen molar-refractivity contribution >= 4 is 11.3 Å². The second-order valence-corrected chi connectivity index (χ2v) is 7.76. The van der Waals surface area contributed by atoms with Gasteiger partial charge in [0.25, 0.3) is 0 Å². The van der Waals surface area contributed by atoms with Gasteiger partial charge >= 0.3 is 0 Å². The number of hydrogen-bond acceptors (Lipinski definition) is 4. The van der Waals surface area contributed by atoms with Gasteiger partial charge in [0.05, 0.1) is 25.6 Å². The van der Waals surface area contributed by atoms with E-state index >= 15 is 0 Å². The molecule has 0 spiro atoms. The van der Waals surface area contributed by atoms with Crippen LogP contribution in [-0.2, 0) is 6.42 Å². The number of aromatic nitrogens is 2. The maximum Gasteiger partial charge on any atom is 0.165 e. The zero-order valence-corrected chi connectivity index (χ0v) is 16.2. The first-order valence-electron chi connectivity index (χ1n) is 8.86. The minimum atomic E-state index is -0.349. The Morgan fingerprint density at radius 3 is 2.50 bits per heavy atom. The summed E-state index contributed by atoms with van der Waals surface area (Å²) >= 11 is 1.69. The maximum absolute atomic E-state index is 14.1. The highest BCUT2D eigenvalue weighted by molar-refractivity contribution is 7.16. The third-order valence-electron chi connectivity index (χ3n) is 5.08. The molecule has 0 bridgehead atoms. The normalized spacial score (nSPS) is 12.0. The number of fused-ring (bicyclic) bond motifs is 3. The van der Waals surface area contributed by atoms with Gasteiger partial charge in [0, 0.05) is 32.9 Å². The number of H-pyrrole nitrogens is 1. The van der Waals surface area contributed by atoms with Crippen molar-refractivity contribution in [3.8, 4) is 44.5 Å². The lowest BCUT2D eigenvalue weighted by Gasteiger charge is -2.04. The van der Waals surface area contributed by atoms with Gasteiger partial charge in [-0.2, -0.15) is 5.10 Å². The van der Waals surface area contributed by atoms with Crippen molar-refractivity contribution < 1.29 is 13.9 Å². The lowest BCUT2D eigenvalue weighted by atomic mass is 10.1. The molecule has 0 fully saturated rings. The van der Waals surface area contributed by atoms with Crippen molar-refractivity contribution in [1.29, 1.82) is 0 Å². The van der Waals surface area contributed by atoms with Crippen LogP contribution in [0.5, 0.6) is 11.5 Å². The average Bonchev–Trinajstić information content (AvgIpc) is 3.39. The summed E-state index contributed by atoms with van der Waals surface area (Å²) < 4.78 is 24.3. The van der Waals surface area contributed by atoms with Crippen LogP contribution in [0.1, 0.15) is 10.4 Å². The van der Waals surface area contributed by atoms with E-state index in [1.165, 1.54) is 23.6 Å². The fourth-order valence-electron chi connectivity index (χ4n) is 3.64. The summed E-state index contributed by atoms with van der Waals surface area (Å²) in [7, 11) is 3.13. The largest absolute Gasteiger partial charge is 0.497 e. The number of aromatic amines is 1. The van der Waals surface area contributed by atoms with E-state index in [9.17, 15) is 4.39 Å². The highest BCUT2D eigenvalue weighted by Crippen LogP contribution is 2.46. The van der Waals surface area contributed by atoms with E-state index < -0.39 is 0 Å². The average molecular weight is 392 g/mol. The van der Waals surface area contributed by atoms with Crippen LogP contribution in [0.4, 0.5) is 4.39 Å². The molecule has 2 heterocycles. The Balaban J connectivity index is 1.50. The highest BCUT2D eigenvalue weighted by Gasteiger charge is 2.27. The molecule has 0 amide bonds. The van der Waals surface area contributed by atoms with Gasteiger partial charge in [-0.15, -0.1) is 11.3 Å². The summed E-state index contributed by atoms with van der Waals surface area (Å²) in [5.74, 6) is 0.733. The molecule has 1 aliphatic rings. The molecule has 6 heteroatoms. The lowest BCUT2D eigenvalue weighted by Crippen LogP contribution is -1.88. The predicted molar refractivity (Wildman–Crippen MR) is 109 cm³/mol. The Kier molecular flexibility index (Phi) is 3.94. The molecule has 0 unspecified atom stereocenters. The van der Waals surface area contributed by atoms with Gasteiger partial charge in [0.1, 0.15) is 5.75 Å². The van der Waals surface area contributed by atoms with Gasteiger partial charge in [-0.25, -0.2) is 4.39 Å². The van der Waals surface area contributed by atoms with Crippen LogP contribution in [0, 0.1) is 5.82 Å². The van der Waals surface area contributed by atoms with E-state index in [0.717, 1.165) is 45.1 Å². The molecule has 0 saturated heterocycles. The molecule has 140 valence electrons. The van der Waals surface area contributed by atoms with Gasteiger partial charge < -0.3 is 9.47 Å². The second-order valence-electron chi connectivity index (χ2n) is 6.63. The Hall–Kier alpha value is -3.12. The van der Waals surface area contributed by atoms with Gasteiger partial charge in [0.2, 0.25) is 0 Å². The Morgan fingerprint density at radius 1 is 1.00 bits per heavy atom. The molecule has 1 aliphatic carbocycles. The summed E-state index contributed by atoms with van der Waals surface area (Å²) in [4.78, 5) is 2.31. The van der Waals surface area contributed by atoms with E-state index in [0.29, 0.717) is 0 Å². The van der Waals surface area contributed by atoms with Crippen LogP contribution >= 0.6 is 11.3 Å². The summed E-state index contributed by atoms with van der Waals surface area (Å²) in [5.41, 5.74) is 6.30. The smallest absolute Gasteiger partial charge is 0.165 e. The first-order valence-corrected chi connectivity index (χ1v) is 9.68. The van der Waals surface area contributed by atoms with Crippen LogP contribution in [0.3, 0.4) is 0 Å². The Bertz CT molecular complexity index is 1180. The first-order chi connectivity index (χ1) is 13.7. The number of hydrogen-bond donors (Lipinski definition) is 1. The number of ether oxygens (including phenoxy) is 2. The van der Waals surface area contributed by atoms with Crippen LogP contribution in [-0.4, -0.2) is 24.4 Å². The fourth-order valence-corrected chi connectivity index (χ4v) is 4.82. The topological polar surface area (TPSA) is 47.1 Å². The minimum Gasteiger partial charge on any atom is -0.497 e. The van der Waals surface area contributed by atoms with Gasteiger partial charge in [-0.3, -0.25) is 5.10 Å². The number of rotatable bonds is 4. The molecule has 0 aliphatic heterocycles. The second kappa shape index (κ2) is 6.49. The molecule has 2 aromatic heterocycles. The number of benzene rings is 2. The number of methoxy groups -OCH3 is 2. The molecule has 4 aromatic rings. The fraction of sp³-hybridized carbons (Fsp3) is 0.136. The van der Waals surface area contributed by atoms with Crippen molar-refractivity contribution in [3.05, 3.63) is 64.8 Å². The van der Waals surface area contributed by atoms with Crippen LogP contribution in [0.2, 0.25) is 0 Å². The summed E-state index contributed by atoms with van der Waals surface area (Å²) in [5, 5.41) is 7.74. The maximum atomic E-state index is 14.1. The SMILES string of the molecule is COc1ccc(-c2n[nH]c3c2Cc2sc(-c4ccc(OC)c(F)c4)cc2-3)cc1. The molecule has 28 heavy (non-hydrogen) atoms. The minimum absolute atomic E-state index is 0.257. The molecule has 5 rings (SSSR count). The van der Waals surface area contributed by atoms with E-state index in [2.05, 4.69) is 16.3 Å². The van der Waals surface area contributed by atoms with Gasteiger partial charge in [0.15, 0.2) is 11.6 Å². The number of nitrogens with one attached hydrogen (secondary N) is 1. The van der Waals surface area contributed by atoms with Gasteiger partial charge in [-0.1, -0.05) is 0 Å². The Morgan fingerprint density at radius 2 is 1.79 bits per heavy atom. The number of thiophene rings is 1. The molecule has 0 radical (unpaired) electrons. The molecule has 0 saturated carbocycles. The molecule has 2 aromatic carbocycles. The monoisotopic (exact) mass is 392 g/mol. The zero-order valence-electron chi connectivity index (χ0n) is 15.4. The lowest BCUT2D eigenvalue weighted by molar-refractivity contribution is 0.386. The molecule has 4 nitrogen and oxygen atoms in total. The first kappa shape index (κ1) is 17.0. The molecule has 0 atom stereocenters. The molecule has 1 N–H and O–H groups in total. The van der Waals surface area contributed by atoms with Crippen molar-refractivity contribution in [1.82, 2.24) is 10.2 Å². The standard InChI is InChI=1S/C22H17FN2O2S/c1-26-14-6-3-12(4-7-14)21-16-11-20-15(22(16)25-24-21)10-19(28-20)13-5-8-18(27-2)17(23)9-13/h3-10H,11H2,1-2H3,(H,24,25). The van der Waals surface area contributed by atoms with E-state index in [1.54, 1.807) is 24.5 Å². The van der Waals surface area contributed by atoms with E-state index in [1.807, 2.05) is 30.3 Å². The predicted octanol–water partition coefficient (Wildman–Crippen LogP) is 5.53. The van der Waals surface area contributed by atoms with Crippen molar-refractivity contribution in [3.63, 3.8) is 0 Å². The van der Waals surface area contributed by atoms with E-state index in [-0.39, 0.29) is 11.6 Å². The quantitative estimate of drug-likeness (QED) is 0.437. The van der Waals surface area contributed by atoms with Crippen LogP contribution in [0.15, 0.2) is 48.5 Å². The van der Waals surface area contributed by atoms with Crippen molar-refractivity contribution in [2.75, 3.05) is 14.2 Å². The summed E-state index contributed by atoms with van der Waals surface area (Å²) in [6, 6.07) is 15.1. The molecular weight excluding hydrogens is 375 g/mol. The summed E-state index contributed by atoms with van der Waals surface area (Å²) in [6.07, 6.45) is 0.825. The van der Waals surface area contributed by atoms with Crippen LogP contribution in [0.25, 0.3) is 33.0 Å². The van der Waals surface area contributed by atoms with E-state index in [4.69, 9.17) is 9.47 Å². The highest BCUT2D eigenvalue weighted by atomic mass is 32.1. The zero-order chi connectivity index (χ0) is 19.3. The van der Waals surface area contributed by atoms with Crippen LogP contribution < -0.4 is 9.47 Å². The number of nitrogens with zero attached hydrogens (tertiary/aromatic N) is 1. The summed E-state index contributed by atoms with van der Waals surface area (Å²) in [6.45, 7) is 0.